The number of nitrogens with zero attached hydrogens (tertiary/aromatic N) is 3. The highest BCUT2D eigenvalue weighted by atomic mass is 32.2. The normalized spacial score (nSPS) is 15.6. The molecule has 282 valence electrons. The van der Waals surface area contributed by atoms with E-state index in [2.05, 4.69) is 32.6 Å². The summed E-state index contributed by atoms with van der Waals surface area (Å²) >= 11 is 0. The largest absolute Gasteiger partial charge is 0.302 e. The smallest absolute Gasteiger partial charge is 0.265 e. The molecule has 9 heteroatoms. The molecule has 0 bridgehead atoms. The van der Waals surface area contributed by atoms with E-state index in [0.717, 1.165) is 77.6 Å². The average Bonchev–Trinajstić information content (AvgIpc) is 3.18. The first-order valence-corrected chi connectivity index (χ1v) is 21.0. The number of rotatable bonds is 14. The summed E-state index contributed by atoms with van der Waals surface area (Å²) in [6.07, 6.45) is 5.20. The summed E-state index contributed by atoms with van der Waals surface area (Å²) in [7, 11) is -1.21. The Morgan fingerprint density at radius 2 is 1.00 bits per heavy atom. The Kier molecular flexibility index (Phi) is 9.80. The predicted molar refractivity (Wildman–Crippen MR) is 222 cm³/mol. The molecule has 0 radical (unpaired) electrons. The number of hydrogen-bond acceptors (Lipinski definition) is 6. The molecule has 6 aromatic rings. The Morgan fingerprint density at radius 3 is 1.42 bits per heavy atom. The monoisotopic (exact) mass is 753 g/mol. The van der Waals surface area contributed by atoms with Gasteiger partial charge in [-0.15, -0.1) is 0 Å². The van der Waals surface area contributed by atoms with Crippen LogP contribution in [0.4, 0.5) is 5.69 Å². The van der Waals surface area contributed by atoms with Crippen molar-refractivity contribution in [3.63, 3.8) is 0 Å². The van der Waals surface area contributed by atoms with Gasteiger partial charge in [-0.2, -0.15) is 0 Å². The zero-order valence-electron chi connectivity index (χ0n) is 32.2. The van der Waals surface area contributed by atoms with Crippen molar-refractivity contribution in [2.75, 3.05) is 30.3 Å². The van der Waals surface area contributed by atoms with Gasteiger partial charge in [0.25, 0.3) is 23.6 Å². The summed E-state index contributed by atoms with van der Waals surface area (Å²) in [5, 5.41) is 6.34. The second-order valence-electron chi connectivity index (χ2n) is 15.6. The molecule has 6 aromatic carbocycles. The van der Waals surface area contributed by atoms with Crippen molar-refractivity contribution in [3.05, 3.63) is 95.1 Å². The quantitative estimate of drug-likeness (QED) is 0.0625. The molecule has 0 saturated carbocycles. The summed E-state index contributed by atoms with van der Waals surface area (Å²) in [4.78, 5) is 62.1. The highest BCUT2D eigenvalue weighted by molar-refractivity contribution is 7.85. The number of hydrogen-bond donors (Lipinski definition) is 0. The van der Waals surface area contributed by atoms with Crippen LogP contribution in [0.5, 0.6) is 0 Å². The average molecular weight is 754 g/mol. The maximum absolute atomic E-state index is 14.3. The molecule has 0 saturated heterocycles. The highest BCUT2D eigenvalue weighted by Gasteiger charge is 2.39. The van der Waals surface area contributed by atoms with E-state index in [9.17, 15) is 23.4 Å². The third-order valence-corrected chi connectivity index (χ3v) is 12.9. The lowest BCUT2D eigenvalue weighted by molar-refractivity contribution is 0.0535. The fraction of sp³-hybridized carbons (Fsp3) is 0.348. The van der Waals surface area contributed by atoms with Gasteiger partial charge in [0.2, 0.25) is 0 Å². The van der Waals surface area contributed by atoms with Gasteiger partial charge in [0.05, 0.1) is 16.5 Å². The van der Waals surface area contributed by atoms with Crippen LogP contribution in [0.15, 0.2) is 77.7 Å². The summed E-state index contributed by atoms with van der Waals surface area (Å²) in [6.45, 7) is 13.2. The van der Waals surface area contributed by atoms with Gasteiger partial charge in [-0.25, -0.2) is 4.90 Å². The number of unbranched alkanes of at least 4 members (excludes halogenated alkanes) is 2. The van der Waals surface area contributed by atoms with Crippen molar-refractivity contribution in [2.24, 2.45) is 5.92 Å². The molecule has 55 heavy (non-hydrogen) atoms. The molecule has 8 nitrogen and oxygen atoms in total. The van der Waals surface area contributed by atoms with E-state index in [0.29, 0.717) is 61.7 Å². The van der Waals surface area contributed by atoms with Crippen LogP contribution in [0.3, 0.4) is 0 Å². The minimum absolute atomic E-state index is 0.240. The van der Waals surface area contributed by atoms with E-state index in [1.807, 2.05) is 43.3 Å². The van der Waals surface area contributed by atoms with Crippen LogP contribution >= 0.6 is 0 Å². The number of fused-ring (bicyclic) bond motifs is 2. The van der Waals surface area contributed by atoms with E-state index in [-0.39, 0.29) is 17.9 Å². The first-order valence-electron chi connectivity index (χ1n) is 19.7. The third-order valence-electron chi connectivity index (χ3n) is 11.5. The van der Waals surface area contributed by atoms with E-state index in [1.165, 1.54) is 9.80 Å². The molecule has 4 amide bonds. The van der Waals surface area contributed by atoms with Gasteiger partial charge in [-0.3, -0.25) is 28.3 Å². The fourth-order valence-corrected chi connectivity index (χ4v) is 9.98. The lowest BCUT2D eigenvalue weighted by atomic mass is 9.82. The number of carbonyl (C=O) groups excluding carboxylic acids is 4. The molecule has 2 unspecified atom stereocenters. The van der Waals surface area contributed by atoms with Crippen molar-refractivity contribution in [1.29, 1.82) is 0 Å². The van der Waals surface area contributed by atoms with Crippen LogP contribution in [-0.4, -0.2) is 69.1 Å². The highest BCUT2D eigenvalue weighted by Crippen LogP contribution is 2.47. The molecule has 8 rings (SSSR count). The maximum Gasteiger partial charge on any atom is 0.265 e. The van der Waals surface area contributed by atoms with E-state index in [4.69, 9.17) is 0 Å². The number of carbonyl (C=O) groups is 4. The molecule has 0 N–H and O–H groups in total. The second kappa shape index (κ2) is 14.6. The minimum atomic E-state index is -1.21. The van der Waals surface area contributed by atoms with Crippen molar-refractivity contribution in [3.8, 4) is 0 Å². The van der Waals surface area contributed by atoms with E-state index >= 15 is 0 Å². The van der Waals surface area contributed by atoms with Crippen LogP contribution < -0.4 is 4.90 Å². The topological polar surface area (TPSA) is 95.1 Å². The molecular formula is C46H47N3O5S. The van der Waals surface area contributed by atoms with Crippen molar-refractivity contribution >= 4 is 83.2 Å². The van der Waals surface area contributed by atoms with E-state index < -0.39 is 22.6 Å². The SMILES string of the molecule is CCCCN(CCCC)CCS(=O)c1ccc(N2C(=O)c3ccc4c5ccc6c7c(ccc(c8ccc(c3c48)C2=O)c75)C(=O)N(C(C)CC(C)C)C6=O)cc1. The first-order chi connectivity index (χ1) is 26.5. The molecule has 0 aliphatic carbocycles. The lowest BCUT2D eigenvalue weighted by Gasteiger charge is -2.33. The van der Waals surface area contributed by atoms with Crippen LogP contribution in [0.25, 0.3) is 43.1 Å². The Balaban J connectivity index is 1.14. The van der Waals surface area contributed by atoms with Gasteiger partial charge < -0.3 is 4.90 Å². The van der Waals surface area contributed by atoms with Crippen LogP contribution in [0, 0.1) is 5.92 Å². The van der Waals surface area contributed by atoms with Crippen LogP contribution in [0.1, 0.15) is 108 Å². The number of amides is 4. The number of anilines is 1. The van der Waals surface area contributed by atoms with Crippen LogP contribution in [-0.2, 0) is 10.8 Å². The lowest BCUT2D eigenvalue weighted by Crippen LogP contribution is -2.46. The standard InChI is InChI=1S/C46H47N3O5S/c1-6-8-22-47(23-9-7-2)24-25-55(54)30-12-10-29(11-13-30)49-45(52)37-20-16-33-31-14-18-35-41-36(44(51)48(43(35)50)28(5)26-27(3)4)19-15-32(39(31)41)34-17-21-38(46(49)53)42(37)40(33)34/h10-21,27-28H,6-9,22-26H2,1-5H3. The first kappa shape index (κ1) is 37.0. The summed E-state index contributed by atoms with van der Waals surface area (Å²) in [5.41, 5.74) is 2.30. The van der Waals surface area contributed by atoms with Gasteiger partial charge in [0, 0.05) is 56.3 Å². The second-order valence-corrected chi connectivity index (χ2v) is 17.2. The van der Waals surface area contributed by atoms with E-state index in [1.54, 1.807) is 36.4 Å². The zero-order valence-corrected chi connectivity index (χ0v) is 33.1. The zero-order chi connectivity index (χ0) is 38.7. The molecule has 0 spiro atoms. The Labute approximate surface area is 324 Å². The molecule has 2 aliphatic rings. The van der Waals surface area contributed by atoms with Crippen molar-refractivity contribution in [2.45, 2.75) is 77.7 Å². The Morgan fingerprint density at radius 1 is 0.564 bits per heavy atom. The Bertz CT molecular complexity index is 2430. The summed E-state index contributed by atoms with van der Waals surface area (Å²) in [5.74, 6) is -0.544. The number of benzene rings is 6. The Hall–Kier alpha value is -4.99. The van der Waals surface area contributed by atoms with Crippen LogP contribution in [0.2, 0.25) is 0 Å². The van der Waals surface area contributed by atoms with Gasteiger partial charge in [0.15, 0.2) is 0 Å². The van der Waals surface area contributed by atoms with Crippen molar-refractivity contribution in [1.82, 2.24) is 9.80 Å². The third kappa shape index (κ3) is 6.03. The fourth-order valence-electron chi connectivity index (χ4n) is 8.88. The molecule has 2 heterocycles. The van der Waals surface area contributed by atoms with Gasteiger partial charge in [0.1, 0.15) is 0 Å². The minimum Gasteiger partial charge on any atom is -0.302 e. The van der Waals surface area contributed by atoms with Gasteiger partial charge >= 0.3 is 0 Å². The van der Waals surface area contributed by atoms with Gasteiger partial charge in [-0.05, 0) is 126 Å². The molecule has 0 aromatic heterocycles. The molecule has 2 aliphatic heterocycles. The maximum atomic E-state index is 14.3. The molecule has 2 atom stereocenters. The summed E-state index contributed by atoms with van der Waals surface area (Å²) < 4.78 is 13.3. The summed E-state index contributed by atoms with van der Waals surface area (Å²) in [6, 6.07) is 21.6. The van der Waals surface area contributed by atoms with Crippen molar-refractivity contribution < 1.29 is 23.4 Å². The van der Waals surface area contributed by atoms with Gasteiger partial charge in [-0.1, -0.05) is 64.8 Å². The molecular weight excluding hydrogens is 707 g/mol. The predicted octanol–water partition coefficient (Wildman–Crippen LogP) is 9.58. The molecule has 0 fully saturated rings. The number of imide groups is 2.